The van der Waals surface area contributed by atoms with Crippen LogP contribution in [-0.4, -0.2) is 18.3 Å². The quantitative estimate of drug-likeness (QED) is 0.935. The summed E-state index contributed by atoms with van der Waals surface area (Å²) in [5, 5.41) is 10.5. The van der Waals surface area contributed by atoms with Crippen molar-refractivity contribution in [3.63, 3.8) is 0 Å². The largest absolute Gasteiger partial charge is 0.384 e. The highest BCUT2D eigenvalue weighted by Gasteiger charge is 2.23. The highest BCUT2D eigenvalue weighted by atomic mass is 32.1. The third kappa shape index (κ3) is 2.58. The Kier molecular flexibility index (Phi) is 3.66. The molecule has 3 rings (SSSR count). The molecule has 1 aliphatic rings. The first kappa shape index (κ1) is 12.8. The lowest BCUT2D eigenvalue weighted by Gasteiger charge is -2.10. The van der Waals surface area contributed by atoms with Crippen LogP contribution in [0, 0.1) is 6.92 Å². The molecule has 1 unspecified atom stereocenters. The maximum absolute atomic E-state index is 10.5. The maximum Gasteiger partial charge on any atom is 0.193 e. The summed E-state index contributed by atoms with van der Waals surface area (Å²) in [5.41, 5.74) is 1.84. The predicted molar refractivity (Wildman–Crippen MR) is 74.2 cm³/mol. The van der Waals surface area contributed by atoms with Gasteiger partial charge in [0.2, 0.25) is 0 Å². The van der Waals surface area contributed by atoms with Gasteiger partial charge in [-0.2, -0.15) is 0 Å². The Morgan fingerprint density at radius 3 is 2.58 bits per heavy atom. The van der Waals surface area contributed by atoms with Crippen LogP contribution in [0.15, 0.2) is 36.4 Å². The summed E-state index contributed by atoms with van der Waals surface area (Å²) in [7, 11) is 0. The molecule has 0 spiro atoms. The summed E-state index contributed by atoms with van der Waals surface area (Å²) in [6.07, 6.45) is -0.854. The van der Waals surface area contributed by atoms with Crippen LogP contribution >= 0.6 is 11.3 Å². The van der Waals surface area contributed by atoms with Crippen LogP contribution in [-0.2, 0) is 9.47 Å². The smallest absolute Gasteiger partial charge is 0.193 e. The van der Waals surface area contributed by atoms with E-state index < -0.39 is 6.10 Å². The summed E-state index contributed by atoms with van der Waals surface area (Å²) in [6.45, 7) is 3.29. The minimum Gasteiger partial charge on any atom is -0.384 e. The van der Waals surface area contributed by atoms with E-state index >= 15 is 0 Å². The number of benzene rings is 1. The van der Waals surface area contributed by atoms with Gasteiger partial charge in [0.15, 0.2) is 6.29 Å². The van der Waals surface area contributed by atoms with Crippen molar-refractivity contribution >= 4 is 11.3 Å². The molecule has 0 saturated carbocycles. The van der Waals surface area contributed by atoms with Gasteiger partial charge in [-0.1, -0.05) is 30.3 Å². The minimum atomic E-state index is -0.590. The maximum atomic E-state index is 10.5. The van der Waals surface area contributed by atoms with Gasteiger partial charge in [-0.15, -0.1) is 11.3 Å². The Labute approximate surface area is 116 Å². The number of aliphatic hydroxyl groups is 1. The fraction of sp³-hybridized carbons (Fsp3) is 0.333. The van der Waals surface area contributed by atoms with E-state index in [0.29, 0.717) is 13.2 Å². The van der Waals surface area contributed by atoms with Crippen LogP contribution in [0.3, 0.4) is 0 Å². The number of rotatable bonds is 3. The lowest BCUT2D eigenvalue weighted by atomic mass is 10.0. The summed E-state index contributed by atoms with van der Waals surface area (Å²) in [4.78, 5) is 2.13. The monoisotopic (exact) mass is 276 g/mol. The summed E-state index contributed by atoms with van der Waals surface area (Å²) < 4.78 is 11.0. The van der Waals surface area contributed by atoms with Crippen molar-refractivity contribution in [2.45, 2.75) is 19.3 Å². The molecule has 1 aromatic heterocycles. The topological polar surface area (TPSA) is 38.7 Å². The van der Waals surface area contributed by atoms with Crippen molar-refractivity contribution in [3.8, 4) is 0 Å². The average molecular weight is 276 g/mol. The molecule has 4 heteroatoms. The van der Waals surface area contributed by atoms with E-state index in [9.17, 15) is 5.11 Å². The molecular weight excluding hydrogens is 260 g/mol. The van der Waals surface area contributed by atoms with Crippen LogP contribution in [0.25, 0.3) is 0 Å². The Hall–Kier alpha value is -1.20. The Balaban J connectivity index is 1.88. The number of aryl methyl sites for hydroxylation is 1. The second-order valence-corrected chi connectivity index (χ2v) is 5.83. The first-order valence-electron chi connectivity index (χ1n) is 6.32. The zero-order valence-electron chi connectivity index (χ0n) is 10.7. The highest BCUT2D eigenvalue weighted by molar-refractivity contribution is 7.12. The normalized spacial score (nSPS) is 17.8. The second-order valence-electron chi connectivity index (χ2n) is 4.55. The van der Waals surface area contributed by atoms with Crippen molar-refractivity contribution in [1.29, 1.82) is 0 Å². The van der Waals surface area contributed by atoms with E-state index in [1.165, 1.54) is 0 Å². The summed E-state index contributed by atoms with van der Waals surface area (Å²) in [5.74, 6) is 0. The lowest BCUT2D eigenvalue weighted by Crippen LogP contribution is -1.99. The van der Waals surface area contributed by atoms with Gasteiger partial charge in [0.05, 0.1) is 18.1 Å². The molecular formula is C15H16O3S. The molecule has 1 fully saturated rings. The molecule has 0 aliphatic carbocycles. The van der Waals surface area contributed by atoms with E-state index in [2.05, 4.69) is 0 Å². The molecule has 1 saturated heterocycles. The van der Waals surface area contributed by atoms with Crippen LogP contribution < -0.4 is 0 Å². The van der Waals surface area contributed by atoms with E-state index in [1.54, 1.807) is 11.3 Å². The highest BCUT2D eigenvalue weighted by Crippen LogP contribution is 2.36. The Morgan fingerprint density at radius 2 is 1.89 bits per heavy atom. The fourth-order valence-electron chi connectivity index (χ4n) is 2.25. The van der Waals surface area contributed by atoms with Gasteiger partial charge in [-0.25, -0.2) is 0 Å². The van der Waals surface area contributed by atoms with E-state index in [4.69, 9.17) is 9.47 Å². The molecule has 3 nitrogen and oxygen atoms in total. The molecule has 1 aliphatic heterocycles. The zero-order valence-corrected chi connectivity index (χ0v) is 11.5. The fourth-order valence-corrected chi connectivity index (χ4v) is 3.31. The van der Waals surface area contributed by atoms with E-state index in [-0.39, 0.29) is 6.29 Å². The van der Waals surface area contributed by atoms with Gasteiger partial charge in [0.25, 0.3) is 0 Å². The molecule has 0 radical (unpaired) electrons. The third-order valence-corrected chi connectivity index (χ3v) is 4.33. The molecule has 1 aromatic carbocycles. The number of aliphatic hydroxyl groups excluding tert-OH is 1. The van der Waals surface area contributed by atoms with Crippen LogP contribution in [0.2, 0.25) is 0 Å². The van der Waals surface area contributed by atoms with Crippen molar-refractivity contribution in [2.75, 3.05) is 13.2 Å². The molecule has 1 N–H and O–H groups in total. The SMILES string of the molecule is Cc1sc(C2OCCO2)cc1C(O)c1ccccc1. The van der Waals surface area contributed by atoms with Crippen LogP contribution in [0.1, 0.15) is 33.3 Å². The lowest BCUT2D eigenvalue weighted by molar-refractivity contribution is -0.0414. The first-order chi connectivity index (χ1) is 9.25. The van der Waals surface area contributed by atoms with Crippen molar-refractivity contribution in [3.05, 3.63) is 57.3 Å². The first-order valence-corrected chi connectivity index (χ1v) is 7.14. The number of ether oxygens (including phenoxy) is 2. The Morgan fingerprint density at radius 1 is 1.21 bits per heavy atom. The van der Waals surface area contributed by atoms with Crippen LogP contribution in [0.4, 0.5) is 0 Å². The predicted octanol–water partition coefficient (Wildman–Crippen LogP) is 3.18. The van der Waals surface area contributed by atoms with Crippen molar-refractivity contribution in [1.82, 2.24) is 0 Å². The van der Waals surface area contributed by atoms with Gasteiger partial charge < -0.3 is 14.6 Å². The van der Waals surface area contributed by atoms with Gasteiger partial charge in [-0.05, 0) is 24.1 Å². The van der Waals surface area contributed by atoms with Gasteiger partial charge in [-0.3, -0.25) is 0 Å². The summed E-state index contributed by atoms with van der Waals surface area (Å²) in [6, 6.07) is 11.7. The van der Waals surface area contributed by atoms with E-state index in [1.807, 2.05) is 43.3 Å². The Bertz CT molecular complexity index is 544. The van der Waals surface area contributed by atoms with Crippen LogP contribution in [0.5, 0.6) is 0 Å². The molecule has 100 valence electrons. The number of hydrogen-bond acceptors (Lipinski definition) is 4. The van der Waals surface area contributed by atoms with Crippen molar-refractivity contribution < 1.29 is 14.6 Å². The van der Waals surface area contributed by atoms with Gasteiger partial charge in [0, 0.05) is 4.88 Å². The molecule has 2 heterocycles. The summed E-state index contributed by atoms with van der Waals surface area (Å²) >= 11 is 1.62. The zero-order chi connectivity index (χ0) is 13.2. The van der Waals surface area contributed by atoms with E-state index in [0.717, 1.165) is 20.9 Å². The molecule has 2 aromatic rings. The molecule has 1 atom stereocenters. The van der Waals surface area contributed by atoms with Gasteiger partial charge >= 0.3 is 0 Å². The second kappa shape index (κ2) is 5.43. The van der Waals surface area contributed by atoms with Gasteiger partial charge in [0.1, 0.15) is 6.10 Å². The third-order valence-electron chi connectivity index (χ3n) is 3.24. The molecule has 19 heavy (non-hydrogen) atoms. The number of hydrogen-bond donors (Lipinski definition) is 1. The molecule has 0 amide bonds. The minimum absolute atomic E-state index is 0.263. The molecule has 0 bridgehead atoms. The standard InChI is InChI=1S/C15H16O3S/c1-10-12(14(16)11-5-3-2-4-6-11)9-13(19-10)15-17-7-8-18-15/h2-6,9,14-16H,7-8H2,1H3. The van der Waals surface area contributed by atoms with Crippen molar-refractivity contribution in [2.24, 2.45) is 0 Å². The number of thiophene rings is 1. The average Bonchev–Trinajstić information content (AvgIpc) is 3.08.